The first-order valence-corrected chi connectivity index (χ1v) is 3.42. The van der Waals surface area contributed by atoms with Crippen molar-refractivity contribution in [2.24, 2.45) is 5.11 Å². The Labute approximate surface area is 71.8 Å². The average Bonchev–Trinajstić information content (AvgIpc) is 2.52. The van der Waals surface area contributed by atoms with Gasteiger partial charge in [-0.15, -0.1) is 14.8 Å². The van der Waals surface area contributed by atoms with Gasteiger partial charge in [0.1, 0.15) is 0 Å². The Hall–Kier alpha value is -2.21. The lowest BCUT2D eigenvalue weighted by Gasteiger charge is -1.95. The van der Waals surface area contributed by atoms with E-state index in [1.807, 2.05) is 0 Å². The fraction of sp³-hybridized carbons (Fsp3) is 0.200. The molecule has 2 rings (SSSR count). The number of aromatic nitrogens is 5. The van der Waals surface area contributed by atoms with E-state index in [4.69, 9.17) is 5.53 Å². The van der Waals surface area contributed by atoms with Crippen molar-refractivity contribution < 1.29 is 0 Å². The van der Waals surface area contributed by atoms with E-state index < -0.39 is 0 Å². The first kappa shape index (κ1) is 7.44. The van der Waals surface area contributed by atoms with Crippen molar-refractivity contribution in [3.63, 3.8) is 0 Å². The smallest absolute Gasteiger partial charge is 0.145 e. The van der Waals surface area contributed by atoms with Gasteiger partial charge in [0.25, 0.3) is 0 Å². The van der Waals surface area contributed by atoms with Gasteiger partial charge in [-0.3, -0.25) is 0 Å². The van der Waals surface area contributed by atoms with Gasteiger partial charge < -0.3 is 0 Å². The Morgan fingerprint density at radius 1 is 1.62 bits per heavy atom. The minimum absolute atomic E-state index is 0.280. The van der Waals surface area contributed by atoms with Gasteiger partial charge >= 0.3 is 0 Å². The van der Waals surface area contributed by atoms with E-state index in [-0.39, 0.29) is 5.82 Å². The van der Waals surface area contributed by atoms with Crippen molar-refractivity contribution >= 4 is 11.5 Å². The molecule has 0 aromatic carbocycles. The number of rotatable bonds is 1. The van der Waals surface area contributed by atoms with E-state index in [0.29, 0.717) is 5.65 Å². The molecule has 2 heterocycles. The summed E-state index contributed by atoms with van der Waals surface area (Å²) < 4.78 is 1.21. The highest BCUT2D eigenvalue weighted by Gasteiger charge is 2.02. The first-order chi connectivity index (χ1) is 6.31. The van der Waals surface area contributed by atoms with E-state index in [9.17, 15) is 0 Å². The van der Waals surface area contributed by atoms with E-state index >= 15 is 0 Å². The molecule has 0 saturated heterocycles. The van der Waals surface area contributed by atoms with Crippen LogP contribution < -0.4 is 0 Å². The second-order valence-corrected chi connectivity index (χ2v) is 2.37. The first-order valence-electron chi connectivity index (χ1n) is 3.42. The summed E-state index contributed by atoms with van der Waals surface area (Å²) >= 11 is 0. The molecule has 0 amide bonds. The molecule has 0 bridgehead atoms. The van der Waals surface area contributed by atoms with Crippen LogP contribution in [-0.2, 0) is 0 Å². The summed E-state index contributed by atoms with van der Waals surface area (Å²) in [6.45, 7) is 1.77. The molecule has 2 aromatic heterocycles. The summed E-state index contributed by atoms with van der Waals surface area (Å²) in [6.07, 6.45) is 0. The lowest BCUT2D eigenvalue weighted by atomic mass is 10.3. The van der Waals surface area contributed by atoms with E-state index in [0.717, 1.165) is 5.56 Å². The van der Waals surface area contributed by atoms with Crippen molar-refractivity contribution in [2.45, 2.75) is 6.92 Å². The van der Waals surface area contributed by atoms with Gasteiger partial charge in [0.05, 0.1) is 0 Å². The van der Waals surface area contributed by atoms with Crippen LogP contribution in [0.15, 0.2) is 11.2 Å². The summed E-state index contributed by atoms with van der Waals surface area (Å²) in [5.41, 5.74) is 9.48. The standard InChI is InChI=1S/C5H4N8/c1-3-2-4-7-11-12-13(4)9-5(3)8-10-6/h2H,1H3. The van der Waals surface area contributed by atoms with Crippen LogP contribution in [0.4, 0.5) is 5.82 Å². The minimum atomic E-state index is 0.280. The lowest BCUT2D eigenvalue weighted by Crippen LogP contribution is -1.94. The van der Waals surface area contributed by atoms with Crippen LogP contribution in [0.5, 0.6) is 0 Å². The largest absolute Gasteiger partial charge is 0.200 e. The fourth-order valence-electron chi connectivity index (χ4n) is 0.915. The molecule has 0 atom stereocenters. The Balaban J connectivity index is 2.75. The molecule has 8 nitrogen and oxygen atoms in total. The molecule has 0 fully saturated rings. The third-order valence-electron chi connectivity index (χ3n) is 1.50. The zero-order valence-corrected chi connectivity index (χ0v) is 6.66. The maximum atomic E-state index is 8.22. The van der Waals surface area contributed by atoms with Gasteiger partial charge in [-0.2, -0.15) is 0 Å². The third-order valence-corrected chi connectivity index (χ3v) is 1.50. The summed E-state index contributed by atoms with van der Waals surface area (Å²) in [5, 5.41) is 17.9. The quantitative estimate of drug-likeness (QED) is 0.363. The number of aryl methyl sites for hydroxylation is 1. The van der Waals surface area contributed by atoms with Crippen LogP contribution >= 0.6 is 0 Å². The number of azide groups is 1. The fourth-order valence-corrected chi connectivity index (χ4v) is 0.915. The molecule has 13 heavy (non-hydrogen) atoms. The van der Waals surface area contributed by atoms with Crippen molar-refractivity contribution in [3.05, 3.63) is 22.1 Å². The highest BCUT2D eigenvalue weighted by atomic mass is 15.6. The van der Waals surface area contributed by atoms with Crippen LogP contribution in [0.2, 0.25) is 0 Å². The van der Waals surface area contributed by atoms with Crippen LogP contribution in [-0.4, -0.2) is 25.3 Å². The zero-order valence-electron chi connectivity index (χ0n) is 6.66. The number of tetrazole rings is 1. The predicted octanol–water partition coefficient (Wildman–Crippen LogP) is 0.770. The molecule has 0 radical (unpaired) electrons. The van der Waals surface area contributed by atoms with Crippen LogP contribution in [0.25, 0.3) is 16.1 Å². The van der Waals surface area contributed by atoms with Gasteiger partial charge in [-0.25, -0.2) is 0 Å². The molecule has 0 N–H and O–H groups in total. The molecule has 0 spiro atoms. The van der Waals surface area contributed by atoms with Crippen molar-refractivity contribution in [1.82, 2.24) is 25.3 Å². The highest BCUT2D eigenvalue weighted by molar-refractivity contribution is 5.45. The zero-order chi connectivity index (χ0) is 9.26. The third kappa shape index (κ3) is 1.14. The number of hydrogen-bond acceptors (Lipinski definition) is 5. The Kier molecular flexibility index (Phi) is 1.54. The minimum Gasteiger partial charge on any atom is -0.145 e. The average molecular weight is 176 g/mol. The molecule has 0 aliphatic rings. The maximum Gasteiger partial charge on any atom is 0.200 e. The Morgan fingerprint density at radius 3 is 3.23 bits per heavy atom. The van der Waals surface area contributed by atoms with E-state index in [1.165, 1.54) is 4.63 Å². The SMILES string of the molecule is Cc1cc2nnnn2nc1N=[N+]=[N-]. The lowest BCUT2D eigenvalue weighted by molar-refractivity contribution is 0.732. The Bertz CT molecular complexity index is 492. The van der Waals surface area contributed by atoms with Gasteiger partial charge in [0, 0.05) is 4.91 Å². The molecule has 0 aliphatic heterocycles. The van der Waals surface area contributed by atoms with Crippen LogP contribution in [0.3, 0.4) is 0 Å². The van der Waals surface area contributed by atoms with Crippen molar-refractivity contribution in [1.29, 1.82) is 0 Å². The van der Waals surface area contributed by atoms with E-state index in [2.05, 4.69) is 30.7 Å². The molecule has 0 aliphatic carbocycles. The summed E-state index contributed by atoms with van der Waals surface area (Å²) in [5.74, 6) is 0.280. The molecular weight excluding hydrogens is 172 g/mol. The number of hydrogen-bond donors (Lipinski definition) is 0. The van der Waals surface area contributed by atoms with Gasteiger partial charge in [0.2, 0.25) is 0 Å². The number of nitrogens with zero attached hydrogens (tertiary/aromatic N) is 8. The van der Waals surface area contributed by atoms with Crippen molar-refractivity contribution in [2.75, 3.05) is 0 Å². The van der Waals surface area contributed by atoms with Gasteiger partial charge in [0.15, 0.2) is 11.5 Å². The predicted molar refractivity (Wildman–Crippen MR) is 42.1 cm³/mol. The summed E-state index contributed by atoms with van der Waals surface area (Å²) in [4.78, 5) is 2.64. The molecule has 64 valence electrons. The molecule has 0 saturated carbocycles. The maximum absolute atomic E-state index is 8.22. The second kappa shape index (κ2) is 2.68. The summed E-state index contributed by atoms with van der Waals surface area (Å²) in [7, 11) is 0. The normalized spacial score (nSPS) is 9.92. The molecule has 8 heteroatoms. The summed E-state index contributed by atoms with van der Waals surface area (Å²) in [6, 6.07) is 1.69. The van der Waals surface area contributed by atoms with Gasteiger partial charge in [-0.05, 0) is 39.6 Å². The van der Waals surface area contributed by atoms with Crippen LogP contribution in [0.1, 0.15) is 5.56 Å². The number of fused-ring (bicyclic) bond motifs is 1. The van der Waals surface area contributed by atoms with Gasteiger partial charge in [-0.1, -0.05) is 0 Å². The van der Waals surface area contributed by atoms with Crippen LogP contribution in [0, 0.1) is 6.92 Å². The highest BCUT2D eigenvalue weighted by Crippen LogP contribution is 2.14. The monoisotopic (exact) mass is 176 g/mol. The van der Waals surface area contributed by atoms with Crippen molar-refractivity contribution in [3.8, 4) is 0 Å². The Morgan fingerprint density at radius 2 is 2.46 bits per heavy atom. The van der Waals surface area contributed by atoms with E-state index in [1.54, 1.807) is 13.0 Å². The molecule has 0 unspecified atom stereocenters. The topological polar surface area (TPSA) is 105 Å². The second-order valence-electron chi connectivity index (χ2n) is 2.37. The molecular formula is C5H4N8. The molecule has 2 aromatic rings.